The smallest absolute Gasteiger partial charge is 0.238 e. The molecule has 0 aromatic heterocycles. The number of nitrogens with one attached hydrogen (secondary N) is 1. The Hall–Kier alpha value is -1.30. The number of rotatable bonds is 3. The highest BCUT2D eigenvalue weighted by atomic mass is 16.5. The van der Waals surface area contributed by atoms with Crippen LogP contribution in [0.15, 0.2) is 18.2 Å². The largest absolute Gasteiger partial charge is 0.493 e. The number of aliphatic hydroxyl groups is 1. The number of hydrogen-bond donors (Lipinski definition) is 3. The van der Waals surface area contributed by atoms with Gasteiger partial charge in [0.25, 0.3) is 0 Å². The van der Waals surface area contributed by atoms with Crippen LogP contribution in [0, 0.1) is 11.3 Å². The second-order valence-corrected chi connectivity index (χ2v) is 7.15. The number of quaternary nitrogens is 2. The average molecular weight is 308 g/mol. The Balaban J connectivity index is 1.87. The number of methoxy groups -OCH3 is 2. The van der Waals surface area contributed by atoms with Crippen molar-refractivity contribution >= 4 is 0 Å². The lowest BCUT2D eigenvalue weighted by molar-refractivity contribution is -1.08. The first-order valence-electron chi connectivity index (χ1n) is 8.06. The van der Waals surface area contributed by atoms with E-state index in [0.717, 1.165) is 31.1 Å². The molecule has 2 saturated heterocycles. The highest BCUT2D eigenvalue weighted by Crippen LogP contribution is 2.31. The van der Waals surface area contributed by atoms with Crippen LogP contribution in [0.4, 0.5) is 0 Å². The van der Waals surface area contributed by atoms with Gasteiger partial charge in [-0.3, -0.25) is 10.2 Å². The summed E-state index contributed by atoms with van der Waals surface area (Å²) in [6.07, 6.45) is 0.168. The van der Waals surface area contributed by atoms with Gasteiger partial charge in [-0.2, -0.15) is 0 Å². The minimum Gasteiger partial charge on any atom is -0.493 e. The van der Waals surface area contributed by atoms with Gasteiger partial charge in [0.15, 0.2) is 11.5 Å². The number of piperidine rings is 1. The molecule has 2 fully saturated rings. The van der Waals surface area contributed by atoms with Gasteiger partial charge in [-0.05, 0) is 25.1 Å². The molecule has 2 bridgehead atoms. The van der Waals surface area contributed by atoms with Gasteiger partial charge in [-0.15, -0.1) is 0 Å². The van der Waals surface area contributed by atoms with Crippen LogP contribution in [-0.2, 0) is 0 Å². The predicted octanol–water partition coefficient (Wildman–Crippen LogP) is -0.819. The normalized spacial score (nSPS) is 37.7. The lowest BCUT2D eigenvalue weighted by atomic mass is 9.72. The van der Waals surface area contributed by atoms with E-state index in [-0.39, 0.29) is 11.5 Å². The van der Waals surface area contributed by atoms with E-state index in [1.54, 1.807) is 19.1 Å². The van der Waals surface area contributed by atoms with Crippen LogP contribution >= 0.6 is 0 Å². The number of ether oxygens (including phenoxy) is 2. The van der Waals surface area contributed by atoms with E-state index in [1.165, 1.54) is 5.56 Å². The second-order valence-electron chi connectivity index (χ2n) is 7.15. The zero-order valence-electron chi connectivity index (χ0n) is 13.9. The molecular weight excluding hydrogens is 280 g/mol. The Kier molecular flexibility index (Phi) is 4.05. The molecule has 122 valence electrons. The van der Waals surface area contributed by atoms with Gasteiger partial charge in [0.2, 0.25) is 6.17 Å². The monoisotopic (exact) mass is 308 g/mol. The van der Waals surface area contributed by atoms with Gasteiger partial charge in [-0.1, -0.05) is 6.92 Å². The molecule has 0 amide bonds. The van der Waals surface area contributed by atoms with Crippen molar-refractivity contribution in [3.05, 3.63) is 23.8 Å². The molecule has 0 radical (unpaired) electrons. The third-order valence-corrected chi connectivity index (χ3v) is 5.49. The molecule has 1 unspecified atom stereocenters. The van der Waals surface area contributed by atoms with E-state index in [1.807, 2.05) is 6.07 Å². The Morgan fingerprint density at radius 1 is 1.27 bits per heavy atom. The lowest BCUT2D eigenvalue weighted by Crippen LogP contribution is -3.28. The van der Waals surface area contributed by atoms with Crippen LogP contribution in [0.25, 0.3) is 0 Å². The van der Waals surface area contributed by atoms with Crippen LogP contribution < -0.4 is 19.7 Å². The molecule has 2 aliphatic heterocycles. The van der Waals surface area contributed by atoms with Crippen molar-refractivity contribution in [3.63, 3.8) is 0 Å². The summed E-state index contributed by atoms with van der Waals surface area (Å²) in [5, 5.41) is 12.9. The quantitative estimate of drug-likeness (QED) is 0.684. The fraction of sp³-hybridized carbons (Fsp3) is 0.647. The first kappa shape index (κ1) is 15.6. The van der Waals surface area contributed by atoms with Crippen LogP contribution in [0.2, 0.25) is 0 Å². The summed E-state index contributed by atoms with van der Waals surface area (Å²) in [5.74, 6) is 1.89. The SMILES string of the molecule is COc1ccc([C@H]2[NH2+]C[C@@]3(C)C[NH+]2C[C@@H](C)[C@H]3O)cc1OC. The molecule has 5 heteroatoms. The summed E-state index contributed by atoms with van der Waals surface area (Å²) in [6.45, 7) is 7.37. The maximum absolute atomic E-state index is 10.5. The maximum Gasteiger partial charge on any atom is 0.238 e. The Morgan fingerprint density at radius 3 is 2.68 bits per heavy atom. The van der Waals surface area contributed by atoms with Crippen molar-refractivity contribution in [2.45, 2.75) is 26.1 Å². The van der Waals surface area contributed by atoms with Gasteiger partial charge in [0.1, 0.15) is 0 Å². The molecule has 5 atom stereocenters. The van der Waals surface area contributed by atoms with Crippen molar-refractivity contribution < 1.29 is 24.8 Å². The maximum atomic E-state index is 10.5. The summed E-state index contributed by atoms with van der Waals surface area (Å²) in [5.41, 5.74) is 1.28. The van der Waals surface area contributed by atoms with Crippen LogP contribution in [-0.4, -0.2) is 45.1 Å². The van der Waals surface area contributed by atoms with E-state index in [0.29, 0.717) is 12.1 Å². The summed E-state index contributed by atoms with van der Waals surface area (Å²) in [7, 11) is 3.34. The molecule has 2 aliphatic rings. The third kappa shape index (κ3) is 2.47. The number of hydrogen-bond acceptors (Lipinski definition) is 3. The van der Waals surface area contributed by atoms with E-state index < -0.39 is 0 Å². The molecule has 1 aromatic rings. The van der Waals surface area contributed by atoms with Gasteiger partial charge in [0.05, 0.1) is 50.9 Å². The Bertz CT molecular complexity index is 551. The summed E-state index contributed by atoms with van der Waals surface area (Å²) in [6, 6.07) is 6.21. The fourth-order valence-corrected chi connectivity index (χ4v) is 4.31. The van der Waals surface area contributed by atoms with Gasteiger partial charge < -0.3 is 14.6 Å². The Morgan fingerprint density at radius 2 is 2.00 bits per heavy atom. The van der Waals surface area contributed by atoms with Crippen molar-refractivity contribution in [3.8, 4) is 11.5 Å². The number of aliphatic hydroxyl groups excluding tert-OH is 1. The minimum absolute atomic E-state index is 0.0139. The van der Waals surface area contributed by atoms with E-state index in [2.05, 4.69) is 31.3 Å². The predicted molar refractivity (Wildman–Crippen MR) is 83.1 cm³/mol. The summed E-state index contributed by atoms with van der Waals surface area (Å²) in [4.78, 5) is 1.54. The standard InChI is InChI=1S/C17H26N2O3/c1-11-8-19-10-17(2,15(11)20)9-18-16(19)12-5-6-13(21-3)14(7-12)22-4/h5-7,11,15-16,18,20H,8-10H2,1-4H3/p+2/t11-,15-,16+,17+/m1/s1. The molecule has 0 saturated carbocycles. The number of fused-ring (bicyclic) bond motifs is 2. The third-order valence-electron chi connectivity index (χ3n) is 5.49. The topological polar surface area (TPSA) is 59.7 Å². The lowest BCUT2D eigenvalue weighted by Gasteiger charge is -2.49. The minimum atomic E-state index is -0.196. The first-order valence-corrected chi connectivity index (χ1v) is 8.06. The van der Waals surface area contributed by atoms with Crippen molar-refractivity contribution in [1.82, 2.24) is 0 Å². The molecule has 22 heavy (non-hydrogen) atoms. The number of nitrogens with two attached hydrogens (primary N) is 1. The van der Waals surface area contributed by atoms with E-state index in [9.17, 15) is 5.11 Å². The van der Waals surface area contributed by atoms with Gasteiger partial charge >= 0.3 is 0 Å². The summed E-state index contributed by atoms with van der Waals surface area (Å²) >= 11 is 0. The first-order chi connectivity index (χ1) is 10.5. The Labute approximate surface area is 132 Å². The van der Waals surface area contributed by atoms with Crippen molar-refractivity contribution in [2.75, 3.05) is 33.9 Å². The molecule has 1 aromatic carbocycles. The number of benzene rings is 1. The van der Waals surface area contributed by atoms with E-state index in [4.69, 9.17) is 9.47 Å². The second kappa shape index (κ2) is 5.72. The van der Waals surface area contributed by atoms with Crippen molar-refractivity contribution in [1.29, 1.82) is 0 Å². The zero-order chi connectivity index (χ0) is 15.9. The van der Waals surface area contributed by atoms with Crippen LogP contribution in [0.3, 0.4) is 0 Å². The molecule has 2 heterocycles. The van der Waals surface area contributed by atoms with Crippen LogP contribution in [0.5, 0.6) is 11.5 Å². The average Bonchev–Trinajstić information content (AvgIpc) is 2.52. The van der Waals surface area contributed by atoms with Gasteiger partial charge in [0, 0.05) is 5.92 Å². The molecular formula is C17H28N2O3+2. The molecule has 5 nitrogen and oxygen atoms in total. The summed E-state index contributed by atoms with van der Waals surface area (Å²) < 4.78 is 10.8. The van der Waals surface area contributed by atoms with Crippen LogP contribution in [0.1, 0.15) is 25.6 Å². The zero-order valence-corrected chi connectivity index (χ0v) is 13.9. The van der Waals surface area contributed by atoms with Crippen molar-refractivity contribution in [2.24, 2.45) is 11.3 Å². The van der Waals surface area contributed by atoms with E-state index >= 15 is 0 Å². The molecule has 0 aliphatic carbocycles. The van der Waals surface area contributed by atoms with Gasteiger partial charge in [-0.25, -0.2) is 0 Å². The molecule has 3 rings (SSSR count). The highest BCUT2D eigenvalue weighted by molar-refractivity contribution is 5.43. The fourth-order valence-electron chi connectivity index (χ4n) is 4.31. The molecule has 0 spiro atoms. The highest BCUT2D eigenvalue weighted by Gasteiger charge is 2.53. The molecule has 4 N–H and O–H groups in total.